The van der Waals surface area contributed by atoms with Gasteiger partial charge in [0.2, 0.25) is 5.91 Å². The van der Waals surface area contributed by atoms with Crippen LogP contribution in [-0.4, -0.2) is 32.1 Å². The van der Waals surface area contributed by atoms with Gasteiger partial charge >= 0.3 is 0 Å². The van der Waals surface area contributed by atoms with Crippen molar-refractivity contribution in [1.82, 2.24) is 5.32 Å². The zero-order valence-electron chi connectivity index (χ0n) is 15.4. The predicted molar refractivity (Wildman–Crippen MR) is 106 cm³/mol. The van der Waals surface area contributed by atoms with E-state index in [-0.39, 0.29) is 11.8 Å². The van der Waals surface area contributed by atoms with Crippen molar-refractivity contribution in [2.24, 2.45) is 0 Å². The summed E-state index contributed by atoms with van der Waals surface area (Å²) in [5, 5.41) is 6.44. The van der Waals surface area contributed by atoms with Crippen molar-refractivity contribution in [3.05, 3.63) is 46.2 Å². The quantitative estimate of drug-likeness (QED) is 0.534. The first kappa shape index (κ1) is 19.4. The average Bonchev–Trinajstić information content (AvgIpc) is 3.30. The lowest BCUT2D eigenvalue weighted by atomic mass is 9.95. The van der Waals surface area contributed by atoms with Crippen LogP contribution in [0.4, 0.5) is 5.00 Å². The number of rotatable bonds is 8. The van der Waals surface area contributed by atoms with Crippen LogP contribution < -0.4 is 10.6 Å². The molecule has 0 atom stereocenters. The van der Waals surface area contributed by atoms with Crippen LogP contribution in [-0.2, 0) is 22.4 Å². The summed E-state index contributed by atoms with van der Waals surface area (Å²) in [4.78, 5) is 26.3. The molecule has 2 N–H and O–H groups in total. The fourth-order valence-electron chi connectivity index (χ4n) is 3.10. The number of nitrogens with one attached hydrogen (secondary N) is 2. The summed E-state index contributed by atoms with van der Waals surface area (Å²) in [7, 11) is 1.64. The Labute approximate surface area is 162 Å². The Morgan fingerprint density at radius 3 is 2.96 bits per heavy atom. The van der Waals surface area contributed by atoms with Gasteiger partial charge in [0.05, 0.1) is 11.8 Å². The highest BCUT2D eigenvalue weighted by Crippen LogP contribution is 2.38. The minimum absolute atomic E-state index is 0.129. The maximum Gasteiger partial charge on any atom is 0.254 e. The predicted octanol–water partition coefficient (Wildman–Crippen LogP) is 3.64. The van der Waals surface area contributed by atoms with E-state index >= 15 is 0 Å². The molecule has 27 heavy (non-hydrogen) atoms. The van der Waals surface area contributed by atoms with Crippen molar-refractivity contribution in [2.75, 3.05) is 25.6 Å². The highest BCUT2D eigenvalue weighted by Gasteiger charge is 2.25. The molecule has 0 spiro atoms. The number of carbonyl (C=O) groups excluding carboxylic acids is 2. The van der Waals surface area contributed by atoms with Crippen molar-refractivity contribution in [1.29, 1.82) is 0 Å². The molecule has 0 unspecified atom stereocenters. The summed E-state index contributed by atoms with van der Waals surface area (Å²) in [6, 6.07) is 3.53. The van der Waals surface area contributed by atoms with Crippen LogP contribution in [0.15, 0.2) is 28.9 Å². The second-order valence-electron chi connectivity index (χ2n) is 6.36. The first-order valence-electron chi connectivity index (χ1n) is 9.13. The van der Waals surface area contributed by atoms with Crippen molar-refractivity contribution < 1.29 is 18.7 Å². The largest absolute Gasteiger partial charge is 0.465 e. The summed E-state index contributed by atoms with van der Waals surface area (Å²) in [6.45, 7) is 1.15. The fourth-order valence-corrected chi connectivity index (χ4v) is 4.39. The SMILES string of the molecule is COCCCNC(=O)c1c(NC(=O)C=Cc2ccco2)sc2c1CCCC2. The lowest BCUT2D eigenvalue weighted by Crippen LogP contribution is -2.27. The summed E-state index contributed by atoms with van der Waals surface area (Å²) in [5.41, 5.74) is 1.70. The molecule has 6 nitrogen and oxygen atoms in total. The fraction of sp³-hybridized carbons (Fsp3) is 0.400. The molecule has 2 amide bonds. The van der Waals surface area contributed by atoms with Crippen LogP contribution in [0.1, 0.15) is 45.8 Å². The minimum atomic E-state index is -0.279. The Kier molecular flexibility index (Phi) is 6.84. The van der Waals surface area contributed by atoms with Gasteiger partial charge in [0.25, 0.3) is 5.91 Å². The molecule has 0 aromatic carbocycles. The minimum Gasteiger partial charge on any atom is -0.465 e. The highest BCUT2D eigenvalue weighted by molar-refractivity contribution is 7.17. The van der Waals surface area contributed by atoms with Gasteiger partial charge in [-0.15, -0.1) is 11.3 Å². The molecule has 144 valence electrons. The van der Waals surface area contributed by atoms with Crippen LogP contribution >= 0.6 is 11.3 Å². The van der Waals surface area contributed by atoms with E-state index < -0.39 is 0 Å². The number of hydrogen-bond donors (Lipinski definition) is 2. The molecule has 0 bridgehead atoms. The molecular formula is C20H24N2O4S. The lowest BCUT2D eigenvalue weighted by molar-refractivity contribution is -0.111. The first-order valence-corrected chi connectivity index (χ1v) is 9.95. The van der Waals surface area contributed by atoms with Gasteiger partial charge in [0.15, 0.2) is 0 Å². The van der Waals surface area contributed by atoms with E-state index in [2.05, 4.69) is 10.6 Å². The van der Waals surface area contributed by atoms with Crippen molar-refractivity contribution >= 4 is 34.2 Å². The topological polar surface area (TPSA) is 80.6 Å². The number of fused-ring (bicyclic) bond motifs is 1. The molecule has 2 heterocycles. The van der Waals surface area contributed by atoms with E-state index in [1.807, 2.05) is 0 Å². The van der Waals surface area contributed by atoms with Gasteiger partial charge in [0, 0.05) is 31.2 Å². The summed E-state index contributed by atoms with van der Waals surface area (Å²) >= 11 is 1.51. The molecular weight excluding hydrogens is 364 g/mol. The Bertz CT molecular complexity index is 808. The van der Waals surface area contributed by atoms with Crippen LogP contribution in [0.25, 0.3) is 6.08 Å². The van der Waals surface area contributed by atoms with E-state index in [1.165, 1.54) is 22.3 Å². The van der Waals surface area contributed by atoms with Crippen LogP contribution in [0.5, 0.6) is 0 Å². The number of anilines is 1. The van der Waals surface area contributed by atoms with Gasteiger partial charge in [-0.05, 0) is 55.9 Å². The molecule has 0 fully saturated rings. The normalized spacial score (nSPS) is 13.5. The molecule has 0 saturated heterocycles. The zero-order chi connectivity index (χ0) is 19.1. The Balaban J connectivity index is 1.74. The number of furan rings is 1. The molecule has 2 aromatic rings. The molecule has 2 aromatic heterocycles. The first-order chi connectivity index (χ1) is 13.2. The molecule has 1 aliphatic carbocycles. The standard InChI is InChI=1S/C20H24N2O4S/c1-25-12-5-11-21-19(24)18-15-7-2-3-8-16(15)27-20(18)22-17(23)10-9-14-6-4-13-26-14/h4,6,9-10,13H,2-3,5,7-8,11-12H2,1H3,(H,21,24)(H,22,23). The second-order valence-corrected chi connectivity index (χ2v) is 7.46. The van der Waals surface area contributed by atoms with Crippen molar-refractivity contribution in [2.45, 2.75) is 32.1 Å². The summed E-state index contributed by atoms with van der Waals surface area (Å²) in [5.74, 6) is 0.195. The van der Waals surface area contributed by atoms with Crippen LogP contribution in [0, 0.1) is 0 Å². The monoisotopic (exact) mass is 388 g/mol. The maximum absolute atomic E-state index is 12.8. The van der Waals surface area contributed by atoms with Gasteiger partial charge in [-0.2, -0.15) is 0 Å². The third-order valence-electron chi connectivity index (χ3n) is 4.39. The van der Waals surface area contributed by atoms with Gasteiger partial charge in [-0.1, -0.05) is 0 Å². The van der Waals surface area contributed by atoms with Gasteiger partial charge < -0.3 is 19.8 Å². The van der Waals surface area contributed by atoms with E-state index in [4.69, 9.17) is 9.15 Å². The Morgan fingerprint density at radius 1 is 1.33 bits per heavy atom. The summed E-state index contributed by atoms with van der Waals surface area (Å²) in [6.07, 6.45) is 9.35. The molecule has 1 aliphatic rings. The number of aryl methyl sites for hydroxylation is 1. The molecule has 0 saturated carbocycles. The number of ether oxygens (including phenoxy) is 1. The maximum atomic E-state index is 12.8. The van der Waals surface area contributed by atoms with E-state index in [0.717, 1.165) is 37.7 Å². The molecule has 0 aliphatic heterocycles. The van der Waals surface area contributed by atoms with Crippen LogP contribution in [0.2, 0.25) is 0 Å². The number of hydrogen-bond acceptors (Lipinski definition) is 5. The molecule has 3 rings (SSSR count). The number of amides is 2. The molecule has 0 radical (unpaired) electrons. The van der Waals surface area contributed by atoms with E-state index in [9.17, 15) is 9.59 Å². The smallest absolute Gasteiger partial charge is 0.254 e. The number of methoxy groups -OCH3 is 1. The van der Waals surface area contributed by atoms with E-state index in [1.54, 1.807) is 31.6 Å². The Hall–Kier alpha value is -2.38. The van der Waals surface area contributed by atoms with Crippen molar-refractivity contribution in [3.63, 3.8) is 0 Å². The second kappa shape index (κ2) is 9.53. The summed E-state index contributed by atoms with van der Waals surface area (Å²) < 4.78 is 10.2. The molecule has 7 heteroatoms. The number of thiophene rings is 1. The highest BCUT2D eigenvalue weighted by atomic mass is 32.1. The third kappa shape index (κ3) is 5.08. The third-order valence-corrected chi connectivity index (χ3v) is 5.60. The zero-order valence-corrected chi connectivity index (χ0v) is 16.2. The Morgan fingerprint density at radius 2 is 2.19 bits per heavy atom. The van der Waals surface area contributed by atoms with E-state index in [0.29, 0.717) is 29.5 Å². The number of carbonyl (C=O) groups is 2. The van der Waals surface area contributed by atoms with Gasteiger partial charge in [-0.25, -0.2) is 0 Å². The van der Waals surface area contributed by atoms with Gasteiger partial charge in [0.1, 0.15) is 10.8 Å². The average molecular weight is 388 g/mol. The lowest BCUT2D eigenvalue weighted by Gasteiger charge is -2.13. The van der Waals surface area contributed by atoms with Gasteiger partial charge in [-0.3, -0.25) is 9.59 Å². The van der Waals surface area contributed by atoms with Crippen LogP contribution in [0.3, 0.4) is 0 Å². The van der Waals surface area contributed by atoms with Crippen molar-refractivity contribution in [3.8, 4) is 0 Å².